The molecule has 41 heavy (non-hydrogen) atoms. The number of hydrazone groups is 1. The summed E-state index contributed by atoms with van der Waals surface area (Å²) < 4.78 is 70.0. The molecule has 0 spiro atoms. The van der Waals surface area contributed by atoms with Crippen molar-refractivity contribution >= 4 is 51.0 Å². The zero-order valence-electron chi connectivity index (χ0n) is 21.7. The number of nitrogens with zero attached hydrogens (tertiary/aromatic N) is 3. The Morgan fingerprint density at radius 1 is 1.00 bits per heavy atom. The Morgan fingerprint density at radius 3 is 2.29 bits per heavy atom. The summed E-state index contributed by atoms with van der Waals surface area (Å²) in [4.78, 5) is 12.6. The van der Waals surface area contributed by atoms with E-state index in [2.05, 4.69) is 10.5 Å². The second-order valence-electron chi connectivity index (χ2n) is 8.92. The Hall–Kier alpha value is -3.80. The van der Waals surface area contributed by atoms with Gasteiger partial charge in [-0.15, -0.1) is 0 Å². The number of nitrogens with one attached hydrogen (secondary N) is 1. The van der Waals surface area contributed by atoms with Gasteiger partial charge < -0.3 is 4.57 Å². The van der Waals surface area contributed by atoms with E-state index in [0.717, 1.165) is 29.2 Å². The molecule has 7 nitrogen and oxygen atoms in total. The van der Waals surface area contributed by atoms with E-state index in [1.165, 1.54) is 30.5 Å². The van der Waals surface area contributed by atoms with Gasteiger partial charge in [0.2, 0.25) is 0 Å². The molecule has 4 aromatic rings. The molecule has 0 bridgehead atoms. The third kappa shape index (κ3) is 6.75. The van der Waals surface area contributed by atoms with Crippen LogP contribution in [0.3, 0.4) is 0 Å². The molecule has 0 aliphatic rings. The van der Waals surface area contributed by atoms with Gasteiger partial charge >= 0.3 is 6.18 Å². The average Bonchev–Trinajstić information content (AvgIpc) is 3.20. The number of rotatable bonds is 8. The molecule has 0 aliphatic carbocycles. The molecule has 1 heterocycles. The molecule has 1 N–H and O–H groups in total. The van der Waals surface area contributed by atoms with Crippen LogP contribution in [0.25, 0.3) is 5.69 Å². The van der Waals surface area contributed by atoms with Crippen molar-refractivity contribution in [2.24, 2.45) is 5.10 Å². The Morgan fingerprint density at radius 2 is 1.66 bits per heavy atom. The van der Waals surface area contributed by atoms with Crippen LogP contribution in [0.15, 0.2) is 88.9 Å². The normalized spacial score (nSPS) is 12.1. The van der Waals surface area contributed by atoms with Crippen molar-refractivity contribution in [3.05, 3.63) is 111 Å². The van der Waals surface area contributed by atoms with Crippen LogP contribution in [-0.4, -0.2) is 31.7 Å². The molecule has 13 heteroatoms. The first-order chi connectivity index (χ1) is 19.3. The highest BCUT2D eigenvalue weighted by molar-refractivity contribution is 7.92. The number of hydrogen-bond acceptors (Lipinski definition) is 4. The molecule has 0 aliphatic heterocycles. The predicted octanol–water partition coefficient (Wildman–Crippen LogP) is 6.77. The van der Waals surface area contributed by atoms with Gasteiger partial charge in [-0.2, -0.15) is 18.3 Å². The van der Waals surface area contributed by atoms with Crippen molar-refractivity contribution in [3.8, 4) is 5.69 Å². The fraction of sp³-hybridized carbons (Fsp3) is 0.143. The number of alkyl halides is 3. The SMILES string of the molecule is Cc1cc(/C=N/NC(=O)CN(c2ccc(Cl)c(C(F)(F)F)c2)S(=O)(=O)c2ccccc2)c(C)n1-c1ccc(Cl)cc1. The van der Waals surface area contributed by atoms with Crippen LogP contribution >= 0.6 is 23.2 Å². The molecule has 0 unspecified atom stereocenters. The standard InChI is InChI=1S/C28H23Cl2F3N4O3S/c1-18-14-20(19(2)37(18)22-10-8-21(29)9-11-22)16-34-35-27(38)17-36(41(39,40)24-6-4-3-5-7-24)23-12-13-26(30)25(15-23)28(31,32)33/h3-16H,17H2,1-2H3,(H,35,38)/b34-16+. The largest absolute Gasteiger partial charge is 0.417 e. The zero-order valence-corrected chi connectivity index (χ0v) is 24.0. The summed E-state index contributed by atoms with van der Waals surface area (Å²) in [6.07, 6.45) is -3.45. The van der Waals surface area contributed by atoms with Gasteiger partial charge in [0.25, 0.3) is 15.9 Å². The van der Waals surface area contributed by atoms with Crippen LogP contribution in [0.1, 0.15) is 22.5 Å². The summed E-state index contributed by atoms with van der Waals surface area (Å²) in [6.45, 7) is 2.90. The molecule has 214 valence electrons. The lowest BCUT2D eigenvalue weighted by molar-refractivity contribution is -0.137. The molecular formula is C28H23Cl2F3N4O3S. The summed E-state index contributed by atoms with van der Waals surface area (Å²) in [6, 6.07) is 18.7. The highest BCUT2D eigenvalue weighted by Crippen LogP contribution is 2.38. The highest BCUT2D eigenvalue weighted by Gasteiger charge is 2.35. The second-order valence-corrected chi connectivity index (χ2v) is 11.6. The van der Waals surface area contributed by atoms with Gasteiger partial charge in [0.1, 0.15) is 6.54 Å². The van der Waals surface area contributed by atoms with Crippen LogP contribution in [0.2, 0.25) is 10.0 Å². The average molecular weight is 623 g/mol. The zero-order chi connectivity index (χ0) is 29.9. The molecule has 3 aromatic carbocycles. The highest BCUT2D eigenvalue weighted by atomic mass is 35.5. The van der Waals surface area contributed by atoms with Crippen LogP contribution < -0.4 is 9.73 Å². The lowest BCUT2D eigenvalue weighted by Crippen LogP contribution is -2.39. The number of carbonyl (C=O) groups excluding carboxylic acids is 1. The minimum absolute atomic E-state index is 0.213. The summed E-state index contributed by atoms with van der Waals surface area (Å²) in [5, 5.41) is 3.94. The van der Waals surface area contributed by atoms with E-state index in [-0.39, 0.29) is 4.90 Å². The maximum atomic E-state index is 13.5. The van der Waals surface area contributed by atoms with Gasteiger partial charge in [-0.05, 0) is 74.5 Å². The summed E-state index contributed by atoms with van der Waals surface area (Å²) in [7, 11) is -4.45. The number of aryl methyl sites for hydroxylation is 1. The third-order valence-corrected chi connectivity index (χ3v) is 8.48. The fourth-order valence-corrected chi connectivity index (χ4v) is 5.95. The molecule has 1 amide bonds. The van der Waals surface area contributed by atoms with E-state index in [0.29, 0.717) is 21.0 Å². The van der Waals surface area contributed by atoms with E-state index in [1.54, 1.807) is 18.2 Å². The number of amides is 1. The van der Waals surface area contributed by atoms with Crippen LogP contribution in [0, 0.1) is 13.8 Å². The van der Waals surface area contributed by atoms with E-state index >= 15 is 0 Å². The molecule has 1 aromatic heterocycles. The minimum Gasteiger partial charge on any atom is -0.318 e. The molecule has 0 atom stereocenters. The first-order valence-electron chi connectivity index (χ1n) is 12.0. The van der Waals surface area contributed by atoms with E-state index in [9.17, 15) is 26.4 Å². The quantitative estimate of drug-likeness (QED) is 0.174. The first kappa shape index (κ1) is 30.2. The molecule has 0 radical (unpaired) electrons. The number of carbonyl (C=O) groups is 1. The molecular weight excluding hydrogens is 600 g/mol. The van der Waals surface area contributed by atoms with Gasteiger partial charge in [0, 0.05) is 27.7 Å². The Kier molecular flexibility index (Phi) is 8.81. The number of benzene rings is 3. The minimum atomic E-state index is -4.85. The third-order valence-electron chi connectivity index (χ3n) is 6.11. The van der Waals surface area contributed by atoms with Gasteiger partial charge in [0.15, 0.2) is 0 Å². The topological polar surface area (TPSA) is 83.8 Å². The van der Waals surface area contributed by atoms with Crippen LogP contribution in [0.4, 0.5) is 18.9 Å². The Bertz CT molecular complexity index is 1710. The van der Waals surface area contributed by atoms with Crippen molar-refractivity contribution < 1.29 is 26.4 Å². The summed E-state index contributed by atoms with van der Waals surface area (Å²) in [5.74, 6) is -0.879. The maximum Gasteiger partial charge on any atom is 0.417 e. The molecule has 0 saturated heterocycles. The van der Waals surface area contributed by atoms with Crippen LogP contribution in [-0.2, 0) is 21.0 Å². The monoisotopic (exact) mass is 622 g/mol. The maximum absolute atomic E-state index is 13.5. The summed E-state index contributed by atoms with van der Waals surface area (Å²) >= 11 is 11.7. The second kappa shape index (κ2) is 12.0. The van der Waals surface area contributed by atoms with Crippen molar-refractivity contribution in [2.75, 3.05) is 10.8 Å². The molecule has 0 fully saturated rings. The Labute approximate surface area is 244 Å². The number of aromatic nitrogens is 1. The van der Waals surface area contributed by atoms with E-state index in [1.807, 2.05) is 36.6 Å². The number of halogens is 5. The van der Waals surface area contributed by atoms with Gasteiger partial charge in [0.05, 0.1) is 27.4 Å². The number of sulfonamides is 1. The lowest BCUT2D eigenvalue weighted by Gasteiger charge is -2.24. The molecule has 4 rings (SSSR count). The summed E-state index contributed by atoms with van der Waals surface area (Å²) in [5.41, 5.74) is 3.89. The van der Waals surface area contributed by atoms with Gasteiger partial charge in [-0.1, -0.05) is 41.4 Å². The number of anilines is 1. The Balaban J connectivity index is 1.61. The fourth-order valence-electron chi connectivity index (χ4n) is 4.17. The lowest BCUT2D eigenvalue weighted by atomic mass is 10.2. The smallest absolute Gasteiger partial charge is 0.318 e. The van der Waals surface area contributed by atoms with Gasteiger partial charge in [-0.25, -0.2) is 13.8 Å². The molecule has 0 saturated carbocycles. The van der Waals surface area contributed by atoms with E-state index < -0.39 is 44.9 Å². The number of hydrogen-bond donors (Lipinski definition) is 1. The van der Waals surface area contributed by atoms with Crippen LogP contribution in [0.5, 0.6) is 0 Å². The van der Waals surface area contributed by atoms with Crippen molar-refractivity contribution in [1.82, 2.24) is 9.99 Å². The van der Waals surface area contributed by atoms with E-state index in [4.69, 9.17) is 23.2 Å². The van der Waals surface area contributed by atoms with Crippen molar-refractivity contribution in [2.45, 2.75) is 24.9 Å². The van der Waals surface area contributed by atoms with Gasteiger partial charge in [-0.3, -0.25) is 9.10 Å². The van der Waals surface area contributed by atoms with Crippen molar-refractivity contribution in [3.63, 3.8) is 0 Å². The van der Waals surface area contributed by atoms with Crippen molar-refractivity contribution in [1.29, 1.82) is 0 Å². The predicted molar refractivity (Wildman–Crippen MR) is 153 cm³/mol. The first-order valence-corrected chi connectivity index (χ1v) is 14.2.